The van der Waals surface area contributed by atoms with E-state index in [4.69, 9.17) is 11.5 Å². The Morgan fingerprint density at radius 2 is 1.97 bits per heavy atom. The first-order valence-electron chi connectivity index (χ1n) is 10.1. The number of hydrogen-bond acceptors (Lipinski definition) is 7. The zero-order chi connectivity index (χ0) is 22.0. The highest BCUT2D eigenvalue weighted by molar-refractivity contribution is 7.10. The van der Waals surface area contributed by atoms with Crippen molar-refractivity contribution < 1.29 is 0 Å². The summed E-state index contributed by atoms with van der Waals surface area (Å²) >= 11 is 1.35. The number of nitriles is 1. The summed E-state index contributed by atoms with van der Waals surface area (Å²) in [5.74, 6) is 0.552. The predicted octanol–water partition coefficient (Wildman–Crippen LogP) is 1.55. The molecule has 4 rings (SSSR count). The van der Waals surface area contributed by atoms with Crippen LogP contribution in [-0.4, -0.2) is 28.3 Å². The first-order chi connectivity index (χ1) is 15.0. The zero-order valence-electron chi connectivity index (χ0n) is 17.0. The molecule has 0 saturated carbocycles. The lowest BCUT2D eigenvalue weighted by Gasteiger charge is -2.34. The summed E-state index contributed by atoms with van der Waals surface area (Å²) in [4.78, 5) is 29.2. The Morgan fingerprint density at radius 3 is 2.71 bits per heavy atom. The van der Waals surface area contributed by atoms with E-state index in [1.807, 2.05) is 23.1 Å². The van der Waals surface area contributed by atoms with Gasteiger partial charge < -0.3 is 16.4 Å². The summed E-state index contributed by atoms with van der Waals surface area (Å²) in [5, 5.41) is 11.1. The van der Waals surface area contributed by atoms with Gasteiger partial charge in [0, 0.05) is 35.8 Å². The second-order valence-electron chi connectivity index (χ2n) is 7.71. The fourth-order valence-electron chi connectivity index (χ4n) is 3.93. The SMILES string of the molecule is N#Cc1ccsc1Cn1c(=O)cc(N2CCC[C@@H](N)C2)n(Cc2ccccc2N)c1=O. The van der Waals surface area contributed by atoms with Gasteiger partial charge in [-0.25, -0.2) is 4.79 Å². The quantitative estimate of drug-likeness (QED) is 0.585. The van der Waals surface area contributed by atoms with Gasteiger partial charge in [-0.15, -0.1) is 11.3 Å². The standard InChI is InChI=1S/C22H24N6O2S/c23-11-15-7-9-31-19(15)14-28-21(29)10-20(26-8-3-5-17(24)13-26)27(22(28)30)12-16-4-1-2-6-18(16)25/h1-2,4,6-7,9-10,17H,3,5,8,12-14,24-25H2/t17-/m1/s1. The molecular formula is C22H24N6O2S. The molecule has 0 radical (unpaired) electrons. The highest BCUT2D eigenvalue weighted by Crippen LogP contribution is 2.21. The highest BCUT2D eigenvalue weighted by atomic mass is 32.1. The van der Waals surface area contributed by atoms with Crippen LogP contribution in [0.3, 0.4) is 0 Å². The maximum Gasteiger partial charge on any atom is 0.333 e. The molecule has 0 aliphatic carbocycles. The molecule has 160 valence electrons. The number of nitrogen functional groups attached to an aromatic ring is 1. The molecule has 1 aliphatic heterocycles. The molecule has 0 spiro atoms. The zero-order valence-corrected chi connectivity index (χ0v) is 17.8. The van der Waals surface area contributed by atoms with Gasteiger partial charge in [0.2, 0.25) is 0 Å². The second-order valence-corrected chi connectivity index (χ2v) is 8.71. The van der Waals surface area contributed by atoms with Crippen LogP contribution in [-0.2, 0) is 13.1 Å². The average molecular weight is 437 g/mol. The Kier molecular flexibility index (Phi) is 5.93. The lowest BCUT2D eigenvalue weighted by atomic mass is 10.1. The summed E-state index contributed by atoms with van der Waals surface area (Å²) in [7, 11) is 0. The van der Waals surface area contributed by atoms with Gasteiger partial charge in [-0.3, -0.25) is 13.9 Å². The molecule has 8 nitrogen and oxygen atoms in total. The van der Waals surface area contributed by atoms with Crippen LogP contribution < -0.4 is 27.6 Å². The van der Waals surface area contributed by atoms with Crippen molar-refractivity contribution in [2.24, 2.45) is 5.73 Å². The summed E-state index contributed by atoms with van der Waals surface area (Å²) in [6.07, 6.45) is 1.81. The molecule has 1 atom stereocenters. The van der Waals surface area contributed by atoms with Crippen molar-refractivity contribution in [3.63, 3.8) is 0 Å². The first-order valence-corrected chi connectivity index (χ1v) is 11.0. The third-order valence-electron chi connectivity index (χ3n) is 5.59. The van der Waals surface area contributed by atoms with Crippen molar-refractivity contribution in [2.45, 2.75) is 32.0 Å². The number of piperidine rings is 1. The summed E-state index contributed by atoms with van der Waals surface area (Å²) in [6, 6.07) is 12.7. The Morgan fingerprint density at radius 1 is 1.16 bits per heavy atom. The number of nitrogens with two attached hydrogens (primary N) is 2. The summed E-state index contributed by atoms with van der Waals surface area (Å²) in [6.45, 7) is 1.60. The van der Waals surface area contributed by atoms with Gasteiger partial charge in [0.15, 0.2) is 0 Å². The van der Waals surface area contributed by atoms with Gasteiger partial charge >= 0.3 is 5.69 Å². The molecule has 0 bridgehead atoms. The monoisotopic (exact) mass is 436 g/mol. The van der Waals surface area contributed by atoms with Crippen LogP contribution in [0.2, 0.25) is 0 Å². The molecule has 1 aromatic carbocycles. The van der Waals surface area contributed by atoms with Gasteiger partial charge in [-0.2, -0.15) is 5.26 Å². The van der Waals surface area contributed by atoms with E-state index in [0.29, 0.717) is 28.5 Å². The Bertz CT molecular complexity index is 1250. The fraction of sp³-hybridized carbons (Fsp3) is 0.318. The Hall–Kier alpha value is -3.35. The van der Waals surface area contributed by atoms with Gasteiger partial charge in [0.05, 0.1) is 18.7 Å². The number of para-hydroxylation sites is 1. The summed E-state index contributed by atoms with van der Waals surface area (Å²) in [5.41, 5.74) is 13.3. The minimum atomic E-state index is -0.429. The van der Waals surface area contributed by atoms with Gasteiger partial charge in [0.1, 0.15) is 11.9 Å². The van der Waals surface area contributed by atoms with E-state index in [1.165, 1.54) is 22.0 Å². The van der Waals surface area contributed by atoms with Crippen molar-refractivity contribution in [1.29, 1.82) is 5.26 Å². The van der Waals surface area contributed by atoms with Crippen molar-refractivity contribution in [2.75, 3.05) is 23.7 Å². The van der Waals surface area contributed by atoms with E-state index in [-0.39, 0.29) is 19.1 Å². The van der Waals surface area contributed by atoms with Crippen LogP contribution >= 0.6 is 11.3 Å². The van der Waals surface area contributed by atoms with E-state index in [0.717, 1.165) is 24.9 Å². The lowest BCUT2D eigenvalue weighted by Crippen LogP contribution is -2.48. The normalized spacial score (nSPS) is 16.3. The molecule has 3 heterocycles. The van der Waals surface area contributed by atoms with Crippen LogP contribution in [0.4, 0.5) is 11.5 Å². The Labute approximate surface area is 183 Å². The maximum absolute atomic E-state index is 13.5. The van der Waals surface area contributed by atoms with Crippen molar-refractivity contribution in [3.8, 4) is 6.07 Å². The Balaban J connectivity index is 1.83. The minimum Gasteiger partial charge on any atom is -0.398 e. The maximum atomic E-state index is 13.5. The van der Waals surface area contributed by atoms with E-state index in [9.17, 15) is 14.9 Å². The summed E-state index contributed by atoms with van der Waals surface area (Å²) < 4.78 is 2.77. The highest BCUT2D eigenvalue weighted by Gasteiger charge is 2.23. The predicted molar refractivity (Wildman–Crippen MR) is 122 cm³/mol. The number of rotatable bonds is 5. The number of nitrogens with zero attached hydrogens (tertiary/aromatic N) is 4. The van der Waals surface area contributed by atoms with E-state index < -0.39 is 11.2 Å². The van der Waals surface area contributed by atoms with Gasteiger partial charge in [-0.1, -0.05) is 18.2 Å². The molecule has 31 heavy (non-hydrogen) atoms. The molecule has 2 aromatic heterocycles. The van der Waals surface area contributed by atoms with E-state index >= 15 is 0 Å². The van der Waals surface area contributed by atoms with Crippen LogP contribution in [0.15, 0.2) is 51.4 Å². The molecule has 4 N–H and O–H groups in total. The number of thiophene rings is 1. The molecule has 1 saturated heterocycles. The number of benzene rings is 1. The molecule has 3 aromatic rings. The van der Waals surface area contributed by atoms with Crippen molar-refractivity contribution >= 4 is 22.8 Å². The van der Waals surface area contributed by atoms with Crippen LogP contribution in [0.5, 0.6) is 0 Å². The van der Waals surface area contributed by atoms with E-state index in [1.54, 1.807) is 22.1 Å². The van der Waals surface area contributed by atoms with Crippen LogP contribution in [0.25, 0.3) is 0 Å². The number of hydrogen-bond donors (Lipinski definition) is 2. The molecular weight excluding hydrogens is 412 g/mol. The largest absolute Gasteiger partial charge is 0.398 e. The lowest BCUT2D eigenvalue weighted by molar-refractivity contribution is 0.490. The molecule has 9 heteroatoms. The van der Waals surface area contributed by atoms with Crippen molar-refractivity contribution in [1.82, 2.24) is 9.13 Å². The molecule has 0 amide bonds. The fourth-order valence-corrected chi connectivity index (χ4v) is 4.75. The third-order valence-corrected chi connectivity index (χ3v) is 6.50. The molecule has 1 fully saturated rings. The third kappa shape index (κ3) is 4.26. The average Bonchev–Trinajstić information content (AvgIpc) is 3.21. The first kappa shape index (κ1) is 20.9. The second kappa shape index (κ2) is 8.79. The van der Waals surface area contributed by atoms with Crippen LogP contribution in [0.1, 0.15) is 28.8 Å². The van der Waals surface area contributed by atoms with Gasteiger partial charge in [-0.05, 0) is 35.9 Å². The van der Waals surface area contributed by atoms with Crippen molar-refractivity contribution in [3.05, 3.63) is 78.6 Å². The molecule has 1 aliphatic rings. The minimum absolute atomic E-state index is 0.00849. The smallest absolute Gasteiger partial charge is 0.333 e. The number of aromatic nitrogens is 2. The number of anilines is 2. The van der Waals surface area contributed by atoms with E-state index in [2.05, 4.69) is 6.07 Å². The topological polar surface area (TPSA) is 123 Å². The van der Waals surface area contributed by atoms with Gasteiger partial charge in [0.25, 0.3) is 5.56 Å². The van der Waals surface area contributed by atoms with Crippen LogP contribution in [0, 0.1) is 11.3 Å². The molecule has 0 unspecified atom stereocenters.